The second-order valence-corrected chi connectivity index (χ2v) is 6.84. The van der Waals surface area contributed by atoms with Crippen molar-refractivity contribution in [2.24, 2.45) is 0 Å². The van der Waals surface area contributed by atoms with Gasteiger partial charge in [0.05, 0.1) is 6.07 Å². The van der Waals surface area contributed by atoms with Gasteiger partial charge in [0.15, 0.2) is 5.54 Å². The number of para-hydroxylation sites is 1. The van der Waals surface area contributed by atoms with E-state index in [1.54, 1.807) is 4.90 Å². The van der Waals surface area contributed by atoms with E-state index in [2.05, 4.69) is 6.07 Å². The summed E-state index contributed by atoms with van der Waals surface area (Å²) < 4.78 is 5.85. The van der Waals surface area contributed by atoms with Crippen LogP contribution in [-0.2, 0) is 16.9 Å². The van der Waals surface area contributed by atoms with Gasteiger partial charge >= 0.3 is 0 Å². The van der Waals surface area contributed by atoms with Crippen LogP contribution in [0.25, 0.3) is 0 Å². The zero-order valence-electron chi connectivity index (χ0n) is 15.4. The van der Waals surface area contributed by atoms with Gasteiger partial charge in [0.1, 0.15) is 12.4 Å². The molecule has 4 heteroatoms. The van der Waals surface area contributed by atoms with Gasteiger partial charge in [-0.25, -0.2) is 0 Å². The molecule has 0 bridgehead atoms. The number of benzene rings is 3. The van der Waals surface area contributed by atoms with Crippen LogP contribution < -0.4 is 9.64 Å². The number of nitrogens with zero attached hydrogens (tertiary/aromatic N) is 2. The molecule has 0 aromatic heterocycles. The lowest BCUT2D eigenvalue weighted by atomic mass is 9.88. The minimum Gasteiger partial charge on any atom is -0.489 e. The Morgan fingerprint density at radius 3 is 2.21 bits per heavy atom. The predicted molar refractivity (Wildman–Crippen MR) is 108 cm³/mol. The SMILES string of the molecule is N#C[C@]1(c2ccc(OCc3ccccc3)cc2)CCC(=O)N1c1ccccc1. The zero-order chi connectivity index (χ0) is 19.4. The molecule has 4 nitrogen and oxygen atoms in total. The highest BCUT2D eigenvalue weighted by atomic mass is 16.5. The lowest BCUT2D eigenvalue weighted by Gasteiger charge is -2.33. The topological polar surface area (TPSA) is 53.3 Å². The normalized spacial score (nSPS) is 18.7. The van der Waals surface area contributed by atoms with Crippen molar-refractivity contribution in [2.75, 3.05) is 4.90 Å². The molecule has 0 saturated carbocycles. The molecule has 3 aromatic rings. The molecule has 1 fully saturated rings. The fraction of sp³-hybridized carbons (Fsp3) is 0.167. The third kappa shape index (κ3) is 3.23. The van der Waals surface area contributed by atoms with Crippen molar-refractivity contribution in [1.82, 2.24) is 0 Å². The Hall–Kier alpha value is -3.58. The Morgan fingerprint density at radius 2 is 1.57 bits per heavy atom. The molecule has 28 heavy (non-hydrogen) atoms. The molecule has 4 rings (SSSR count). The molecule has 0 radical (unpaired) electrons. The van der Waals surface area contributed by atoms with E-state index < -0.39 is 5.54 Å². The molecular formula is C24H20N2O2. The summed E-state index contributed by atoms with van der Waals surface area (Å²) in [6, 6.07) is 29.3. The van der Waals surface area contributed by atoms with E-state index in [0.29, 0.717) is 19.4 Å². The van der Waals surface area contributed by atoms with Crippen LogP contribution in [0.15, 0.2) is 84.9 Å². The minimum atomic E-state index is -0.990. The molecule has 3 aromatic carbocycles. The summed E-state index contributed by atoms with van der Waals surface area (Å²) in [6.45, 7) is 0.484. The van der Waals surface area contributed by atoms with Crippen LogP contribution in [0.3, 0.4) is 0 Å². The first-order valence-electron chi connectivity index (χ1n) is 9.29. The van der Waals surface area contributed by atoms with Crippen molar-refractivity contribution >= 4 is 11.6 Å². The molecule has 0 spiro atoms. The maximum absolute atomic E-state index is 12.6. The average molecular weight is 368 g/mol. The predicted octanol–water partition coefficient (Wildman–Crippen LogP) is 4.81. The van der Waals surface area contributed by atoms with Crippen molar-refractivity contribution < 1.29 is 9.53 Å². The van der Waals surface area contributed by atoms with Gasteiger partial charge in [-0.2, -0.15) is 5.26 Å². The van der Waals surface area contributed by atoms with Crippen molar-refractivity contribution in [1.29, 1.82) is 5.26 Å². The van der Waals surface area contributed by atoms with Gasteiger partial charge in [-0.05, 0) is 41.8 Å². The number of hydrogen-bond acceptors (Lipinski definition) is 3. The molecule has 1 amide bonds. The number of carbonyl (C=O) groups excluding carboxylic acids is 1. The van der Waals surface area contributed by atoms with Crippen LogP contribution >= 0.6 is 0 Å². The minimum absolute atomic E-state index is 0.0304. The zero-order valence-corrected chi connectivity index (χ0v) is 15.4. The Bertz CT molecular complexity index is 994. The number of carbonyl (C=O) groups is 1. The first-order chi connectivity index (χ1) is 13.7. The van der Waals surface area contributed by atoms with Crippen LogP contribution in [-0.4, -0.2) is 5.91 Å². The maximum Gasteiger partial charge on any atom is 0.228 e. The van der Waals surface area contributed by atoms with Gasteiger partial charge in [0, 0.05) is 12.1 Å². The van der Waals surface area contributed by atoms with Crippen LogP contribution in [0.5, 0.6) is 5.75 Å². The highest BCUT2D eigenvalue weighted by Crippen LogP contribution is 2.42. The summed E-state index contributed by atoms with van der Waals surface area (Å²) >= 11 is 0. The van der Waals surface area contributed by atoms with Crippen LogP contribution in [0, 0.1) is 11.3 Å². The fourth-order valence-corrected chi connectivity index (χ4v) is 3.68. The van der Waals surface area contributed by atoms with E-state index in [1.165, 1.54) is 0 Å². The number of nitriles is 1. The van der Waals surface area contributed by atoms with Gasteiger partial charge in [0.2, 0.25) is 5.91 Å². The smallest absolute Gasteiger partial charge is 0.228 e. The van der Waals surface area contributed by atoms with Gasteiger partial charge in [-0.1, -0.05) is 60.7 Å². The summed E-state index contributed by atoms with van der Waals surface area (Å²) in [5.41, 5.74) is 1.65. The number of ether oxygens (including phenoxy) is 1. The van der Waals surface area contributed by atoms with E-state index in [0.717, 1.165) is 22.6 Å². The number of hydrogen-bond donors (Lipinski definition) is 0. The van der Waals surface area contributed by atoms with Crippen molar-refractivity contribution in [2.45, 2.75) is 25.0 Å². The Morgan fingerprint density at radius 1 is 0.929 bits per heavy atom. The third-order valence-electron chi connectivity index (χ3n) is 5.11. The standard InChI is InChI=1S/C24H20N2O2/c25-18-24(16-15-23(27)26(24)21-9-5-2-6-10-21)20-11-13-22(14-12-20)28-17-19-7-3-1-4-8-19/h1-14H,15-17H2/t24-/m0/s1. The van der Waals surface area contributed by atoms with Gasteiger partial charge in [0.25, 0.3) is 0 Å². The van der Waals surface area contributed by atoms with Gasteiger partial charge in [-0.3, -0.25) is 9.69 Å². The second kappa shape index (κ2) is 7.58. The monoisotopic (exact) mass is 368 g/mol. The Kier molecular flexibility index (Phi) is 4.82. The number of anilines is 1. The van der Waals surface area contributed by atoms with Crippen molar-refractivity contribution in [3.8, 4) is 11.8 Å². The fourth-order valence-electron chi connectivity index (χ4n) is 3.68. The highest BCUT2D eigenvalue weighted by Gasteiger charge is 2.48. The van der Waals surface area contributed by atoms with Crippen molar-refractivity contribution in [3.63, 3.8) is 0 Å². The molecule has 1 atom stereocenters. The van der Waals surface area contributed by atoms with Crippen molar-refractivity contribution in [3.05, 3.63) is 96.1 Å². The van der Waals surface area contributed by atoms with Crippen LogP contribution in [0.2, 0.25) is 0 Å². The molecular weight excluding hydrogens is 348 g/mol. The summed E-state index contributed by atoms with van der Waals surface area (Å²) in [5, 5.41) is 10.1. The summed E-state index contributed by atoms with van der Waals surface area (Å²) in [4.78, 5) is 14.2. The molecule has 0 aliphatic carbocycles. The maximum atomic E-state index is 12.6. The molecule has 0 unspecified atom stereocenters. The Labute approximate surface area is 164 Å². The molecule has 1 heterocycles. The quantitative estimate of drug-likeness (QED) is 0.649. The summed E-state index contributed by atoms with van der Waals surface area (Å²) in [6.07, 6.45) is 0.830. The molecule has 138 valence electrons. The molecule has 1 saturated heterocycles. The number of rotatable bonds is 5. The molecule has 0 N–H and O–H groups in total. The van der Waals surface area contributed by atoms with E-state index >= 15 is 0 Å². The second-order valence-electron chi connectivity index (χ2n) is 6.84. The lowest BCUT2D eigenvalue weighted by Crippen LogP contribution is -2.42. The lowest BCUT2D eigenvalue weighted by molar-refractivity contribution is -0.117. The van der Waals surface area contributed by atoms with Crippen LogP contribution in [0.4, 0.5) is 5.69 Å². The Balaban J connectivity index is 1.59. The molecule has 1 aliphatic rings. The summed E-state index contributed by atoms with van der Waals surface area (Å²) in [7, 11) is 0. The van der Waals surface area contributed by atoms with Crippen LogP contribution in [0.1, 0.15) is 24.0 Å². The van der Waals surface area contributed by atoms with E-state index in [1.807, 2.05) is 84.9 Å². The van der Waals surface area contributed by atoms with E-state index in [9.17, 15) is 10.1 Å². The van der Waals surface area contributed by atoms with E-state index in [-0.39, 0.29) is 5.91 Å². The van der Waals surface area contributed by atoms with Gasteiger partial charge in [-0.15, -0.1) is 0 Å². The van der Waals surface area contributed by atoms with Gasteiger partial charge < -0.3 is 4.74 Å². The molecule has 1 aliphatic heterocycles. The first-order valence-corrected chi connectivity index (χ1v) is 9.29. The average Bonchev–Trinajstić information content (AvgIpc) is 3.11. The third-order valence-corrected chi connectivity index (χ3v) is 5.11. The summed E-state index contributed by atoms with van der Waals surface area (Å²) in [5.74, 6) is 0.702. The highest BCUT2D eigenvalue weighted by molar-refractivity contribution is 5.98. The largest absolute Gasteiger partial charge is 0.489 e. The number of amides is 1. The van der Waals surface area contributed by atoms with E-state index in [4.69, 9.17) is 4.74 Å². The first kappa shape index (κ1) is 17.8.